The highest BCUT2D eigenvalue weighted by Gasteiger charge is 2.28. The van der Waals surface area contributed by atoms with E-state index >= 15 is 4.39 Å². The number of nitrogens with one attached hydrogen (secondary N) is 1. The number of aryl methyl sites for hydroxylation is 1. The van der Waals surface area contributed by atoms with Crippen LogP contribution in [0.3, 0.4) is 0 Å². The first-order valence-corrected chi connectivity index (χ1v) is 13.9. The maximum atomic E-state index is 15.5. The van der Waals surface area contributed by atoms with Gasteiger partial charge in [0.15, 0.2) is 0 Å². The molecule has 7 nitrogen and oxygen atoms in total. The van der Waals surface area contributed by atoms with Gasteiger partial charge in [-0.25, -0.2) is 14.4 Å². The molecule has 1 aliphatic carbocycles. The lowest BCUT2D eigenvalue weighted by molar-refractivity contribution is 0.0981. The summed E-state index contributed by atoms with van der Waals surface area (Å²) in [4.78, 5) is 16.5. The number of halogens is 1. The number of hydrogen-bond acceptors (Lipinski definition) is 7. The van der Waals surface area contributed by atoms with Crippen LogP contribution in [0.1, 0.15) is 35.2 Å². The second-order valence-corrected chi connectivity index (χ2v) is 10.9. The summed E-state index contributed by atoms with van der Waals surface area (Å²) in [6.45, 7) is 8.18. The first-order chi connectivity index (χ1) is 19.0. The Labute approximate surface area is 230 Å². The van der Waals surface area contributed by atoms with Crippen LogP contribution >= 0.6 is 0 Å². The Hall–Kier alpha value is -3.49. The van der Waals surface area contributed by atoms with E-state index in [1.165, 1.54) is 17.2 Å². The molecule has 2 fully saturated rings. The Kier molecular flexibility index (Phi) is 7.23. The zero-order valence-electron chi connectivity index (χ0n) is 23.1. The fraction of sp³-hybridized carbons (Fsp3) is 0.419. The van der Waals surface area contributed by atoms with E-state index in [2.05, 4.69) is 62.4 Å². The molecule has 3 heterocycles. The van der Waals surface area contributed by atoms with E-state index in [-0.39, 0.29) is 5.82 Å². The number of anilines is 3. The van der Waals surface area contributed by atoms with Gasteiger partial charge in [0.1, 0.15) is 11.6 Å². The van der Waals surface area contributed by atoms with Gasteiger partial charge in [-0.3, -0.25) is 4.90 Å². The normalized spacial score (nSPS) is 18.7. The summed E-state index contributed by atoms with van der Waals surface area (Å²) in [6.07, 6.45) is 7.01. The van der Waals surface area contributed by atoms with Crippen LogP contribution in [-0.4, -0.2) is 79.2 Å². The average molecular weight is 529 g/mol. The summed E-state index contributed by atoms with van der Waals surface area (Å²) in [5, 5.41) is 3.22. The minimum atomic E-state index is -0.267. The largest absolute Gasteiger partial charge is 0.494 e. The van der Waals surface area contributed by atoms with Gasteiger partial charge < -0.3 is 19.9 Å². The van der Waals surface area contributed by atoms with E-state index in [0.29, 0.717) is 29.1 Å². The molecule has 6 rings (SSSR count). The summed E-state index contributed by atoms with van der Waals surface area (Å²) in [6, 6.07) is 12.3. The van der Waals surface area contributed by atoms with Crippen LogP contribution in [0.5, 0.6) is 5.75 Å². The number of allylic oxidation sites excluding steroid dienone is 1. The van der Waals surface area contributed by atoms with Crippen LogP contribution in [0, 0.1) is 12.7 Å². The number of piperidine rings is 1. The van der Waals surface area contributed by atoms with Crippen LogP contribution in [-0.2, 0) is 6.42 Å². The molecule has 0 amide bonds. The van der Waals surface area contributed by atoms with Crippen LogP contribution in [0.15, 0.2) is 48.7 Å². The van der Waals surface area contributed by atoms with E-state index in [1.807, 2.05) is 13.1 Å². The topological polar surface area (TPSA) is 56.8 Å². The van der Waals surface area contributed by atoms with Crippen LogP contribution in [0.4, 0.5) is 21.7 Å². The highest BCUT2D eigenvalue weighted by atomic mass is 19.1. The Morgan fingerprint density at radius 3 is 2.56 bits per heavy atom. The van der Waals surface area contributed by atoms with Crippen molar-refractivity contribution < 1.29 is 9.13 Å². The molecule has 2 aromatic carbocycles. The molecule has 3 aromatic rings. The number of likely N-dealkylation sites (N-methyl/N-ethyl adjacent to an activating group) is 1. The molecular weight excluding hydrogens is 491 g/mol. The summed E-state index contributed by atoms with van der Waals surface area (Å²) in [7, 11) is 3.80. The minimum absolute atomic E-state index is 0.267. The number of aromatic nitrogens is 2. The van der Waals surface area contributed by atoms with Crippen molar-refractivity contribution in [2.75, 3.05) is 63.6 Å². The molecule has 0 saturated carbocycles. The van der Waals surface area contributed by atoms with Gasteiger partial charge in [0.25, 0.3) is 0 Å². The van der Waals surface area contributed by atoms with Gasteiger partial charge in [0.2, 0.25) is 5.95 Å². The first-order valence-electron chi connectivity index (χ1n) is 13.9. The van der Waals surface area contributed by atoms with E-state index < -0.39 is 0 Å². The molecular formula is C31H37FN6O. The van der Waals surface area contributed by atoms with Gasteiger partial charge in [0, 0.05) is 69.2 Å². The maximum Gasteiger partial charge on any atom is 0.227 e. The average Bonchev–Trinajstić information content (AvgIpc) is 3.39. The maximum absolute atomic E-state index is 15.5. The molecule has 39 heavy (non-hydrogen) atoms. The van der Waals surface area contributed by atoms with Crippen molar-refractivity contribution >= 4 is 22.9 Å². The molecule has 2 aliphatic heterocycles. The number of fused-ring (bicyclic) bond motifs is 1. The zero-order valence-corrected chi connectivity index (χ0v) is 23.1. The number of hydrogen-bond donors (Lipinski definition) is 1. The van der Waals surface area contributed by atoms with Crippen molar-refractivity contribution in [2.45, 2.75) is 32.2 Å². The van der Waals surface area contributed by atoms with Gasteiger partial charge in [-0.05, 0) is 49.9 Å². The molecule has 204 valence electrons. The molecule has 3 aliphatic rings. The Bertz CT molecular complexity index is 1380. The summed E-state index contributed by atoms with van der Waals surface area (Å²) in [5.74, 6) is 0.721. The molecule has 0 atom stereocenters. The third kappa shape index (κ3) is 5.23. The van der Waals surface area contributed by atoms with Gasteiger partial charge in [-0.1, -0.05) is 30.3 Å². The highest BCUT2D eigenvalue weighted by Crippen LogP contribution is 2.37. The van der Waals surface area contributed by atoms with Gasteiger partial charge in [-0.15, -0.1) is 0 Å². The monoisotopic (exact) mass is 528 g/mol. The van der Waals surface area contributed by atoms with Crippen molar-refractivity contribution in [3.05, 3.63) is 76.9 Å². The fourth-order valence-electron chi connectivity index (χ4n) is 6.11. The predicted octanol–water partition coefficient (Wildman–Crippen LogP) is 4.88. The van der Waals surface area contributed by atoms with Gasteiger partial charge >= 0.3 is 0 Å². The third-order valence-electron chi connectivity index (χ3n) is 8.44. The van der Waals surface area contributed by atoms with Crippen LogP contribution in [0.2, 0.25) is 0 Å². The van der Waals surface area contributed by atoms with Crippen molar-refractivity contribution in [2.24, 2.45) is 0 Å². The molecule has 1 aromatic heterocycles. The van der Waals surface area contributed by atoms with Crippen molar-refractivity contribution in [3.8, 4) is 5.75 Å². The summed E-state index contributed by atoms with van der Waals surface area (Å²) < 4.78 is 21.2. The van der Waals surface area contributed by atoms with E-state index in [4.69, 9.17) is 9.72 Å². The number of rotatable bonds is 6. The first kappa shape index (κ1) is 25.8. The predicted molar refractivity (Wildman–Crippen MR) is 155 cm³/mol. The summed E-state index contributed by atoms with van der Waals surface area (Å²) in [5.41, 5.74) is 6.60. The minimum Gasteiger partial charge on any atom is -0.494 e. The number of benzene rings is 2. The van der Waals surface area contributed by atoms with E-state index in [9.17, 15) is 0 Å². The molecule has 1 N–H and O–H groups in total. The molecule has 8 heteroatoms. The lowest BCUT2D eigenvalue weighted by Crippen LogP contribution is -2.52. The third-order valence-corrected chi connectivity index (χ3v) is 8.44. The van der Waals surface area contributed by atoms with Crippen molar-refractivity contribution in [1.82, 2.24) is 19.8 Å². The Balaban J connectivity index is 1.18. The number of piperazine rings is 1. The van der Waals surface area contributed by atoms with E-state index in [1.54, 1.807) is 13.2 Å². The zero-order chi connectivity index (χ0) is 26.9. The number of methoxy groups -OCH3 is 1. The Morgan fingerprint density at radius 1 is 1.03 bits per heavy atom. The van der Waals surface area contributed by atoms with Gasteiger partial charge in [0.05, 0.1) is 24.2 Å². The molecule has 0 spiro atoms. The lowest BCUT2D eigenvalue weighted by atomic mass is 10.0. The van der Waals surface area contributed by atoms with Crippen LogP contribution in [0.25, 0.3) is 5.57 Å². The SMILES string of the molecule is COc1cc(N2CCC(N3CCN(C)CC3)CC2)c(F)cc1Nc1ncc(C)c(C2=CCc3ccccc32)n1. The molecule has 2 saturated heterocycles. The highest BCUT2D eigenvalue weighted by molar-refractivity contribution is 5.84. The molecule has 0 unspecified atom stereocenters. The standard InChI is InChI=1S/C31H37FN6O/c1-21-20-33-31(35-30(21)25-9-8-22-6-4-5-7-24(22)25)34-27-18-26(32)28(19-29(27)39-3)38-12-10-23(11-13-38)37-16-14-36(2)15-17-37/h4-7,9,18-20,23H,8,10-17H2,1-3H3,(H,33,34,35). The smallest absolute Gasteiger partial charge is 0.227 e. The quantitative estimate of drug-likeness (QED) is 0.489. The van der Waals surface area contributed by atoms with Crippen molar-refractivity contribution in [3.63, 3.8) is 0 Å². The molecule has 0 radical (unpaired) electrons. The fourth-order valence-corrected chi connectivity index (χ4v) is 6.11. The van der Waals surface area contributed by atoms with Gasteiger partial charge in [-0.2, -0.15) is 0 Å². The lowest BCUT2D eigenvalue weighted by Gasteiger charge is -2.42. The second kappa shape index (κ2) is 10.9. The number of ether oxygens (including phenoxy) is 1. The Morgan fingerprint density at radius 2 is 1.79 bits per heavy atom. The van der Waals surface area contributed by atoms with Crippen molar-refractivity contribution in [1.29, 1.82) is 0 Å². The number of nitrogens with zero attached hydrogens (tertiary/aromatic N) is 5. The molecule has 0 bridgehead atoms. The second-order valence-electron chi connectivity index (χ2n) is 10.9. The van der Waals surface area contributed by atoms with E-state index in [0.717, 1.165) is 75.4 Å². The summed E-state index contributed by atoms with van der Waals surface area (Å²) >= 11 is 0. The van der Waals surface area contributed by atoms with Crippen LogP contribution < -0.4 is 15.0 Å².